The van der Waals surface area contributed by atoms with Gasteiger partial charge < -0.3 is 10.4 Å². The zero-order valence-corrected chi connectivity index (χ0v) is 13.5. The van der Waals surface area contributed by atoms with Crippen molar-refractivity contribution in [1.29, 1.82) is 0 Å². The van der Waals surface area contributed by atoms with Crippen LogP contribution in [0.25, 0.3) is 6.08 Å². The van der Waals surface area contributed by atoms with E-state index >= 15 is 0 Å². The number of aliphatic hydroxyl groups is 1. The molecule has 1 rings (SSSR count). The average molecular weight is 296 g/mol. The number of rotatable bonds is 6. The van der Waals surface area contributed by atoms with Gasteiger partial charge >= 0.3 is 0 Å². The molecule has 1 aromatic heterocycles. The third-order valence-corrected chi connectivity index (χ3v) is 4.20. The number of carbonyl (C=O) groups excluding carboxylic acids is 1. The van der Waals surface area contributed by atoms with Gasteiger partial charge in [-0.05, 0) is 18.9 Å². The molecule has 0 saturated heterocycles. The molecule has 0 aliphatic carbocycles. The summed E-state index contributed by atoms with van der Waals surface area (Å²) in [6.07, 6.45) is 6.04. The Morgan fingerprint density at radius 1 is 1.55 bits per heavy atom. The van der Waals surface area contributed by atoms with E-state index in [1.54, 1.807) is 23.6 Å². The first-order chi connectivity index (χ1) is 9.32. The number of hydrogen-bond acceptors (Lipinski definition) is 4. The Bertz CT molecular complexity index is 461. The van der Waals surface area contributed by atoms with E-state index in [0.717, 1.165) is 9.88 Å². The second-order valence-electron chi connectivity index (χ2n) is 5.79. The summed E-state index contributed by atoms with van der Waals surface area (Å²) in [6.45, 7) is 8.76. The Hall–Kier alpha value is -1.20. The van der Waals surface area contributed by atoms with Crippen molar-refractivity contribution >= 4 is 23.3 Å². The highest BCUT2D eigenvalue weighted by atomic mass is 32.1. The van der Waals surface area contributed by atoms with E-state index in [1.165, 1.54) is 6.08 Å². The minimum atomic E-state index is -0.338. The van der Waals surface area contributed by atoms with Crippen molar-refractivity contribution in [3.8, 4) is 0 Å². The van der Waals surface area contributed by atoms with Gasteiger partial charge in [0.1, 0.15) is 0 Å². The van der Waals surface area contributed by atoms with Gasteiger partial charge in [0, 0.05) is 29.1 Å². The van der Waals surface area contributed by atoms with Gasteiger partial charge in [-0.25, -0.2) is 4.98 Å². The van der Waals surface area contributed by atoms with Crippen LogP contribution in [0.3, 0.4) is 0 Å². The van der Waals surface area contributed by atoms with Gasteiger partial charge in [0.05, 0.1) is 11.1 Å². The number of nitrogens with zero attached hydrogens (tertiary/aromatic N) is 1. The van der Waals surface area contributed by atoms with Crippen molar-refractivity contribution in [2.75, 3.05) is 6.54 Å². The molecule has 0 aliphatic rings. The molecule has 0 saturated carbocycles. The summed E-state index contributed by atoms with van der Waals surface area (Å²) in [5.74, 6) is -0.140. The second-order valence-corrected chi connectivity index (χ2v) is 6.86. The zero-order chi connectivity index (χ0) is 15.2. The van der Waals surface area contributed by atoms with Gasteiger partial charge in [-0.15, -0.1) is 11.3 Å². The molecule has 1 heterocycles. The van der Waals surface area contributed by atoms with Crippen LogP contribution in [0.1, 0.15) is 50.4 Å². The van der Waals surface area contributed by atoms with Crippen LogP contribution in [-0.4, -0.2) is 28.6 Å². The van der Waals surface area contributed by atoms with Gasteiger partial charge in [-0.3, -0.25) is 4.79 Å². The van der Waals surface area contributed by atoms with E-state index in [1.807, 2.05) is 6.92 Å². The van der Waals surface area contributed by atoms with E-state index in [-0.39, 0.29) is 17.4 Å². The van der Waals surface area contributed by atoms with Crippen LogP contribution in [0.2, 0.25) is 0 Å². The Balaban J connectivity index is 2.43. The molecule has 1 unspecified atom stereocenters. The summed E-state index contributed by atoms with van der Waals surface area (Å²) in [4.78, 5) is 16.9. The number of aromatic nitrogens is 1. The van der Waals surface area contributed by atoms with E-state index in [9.17, 15) is 9.90 Å². The summed E-state index contributed by atoms with van der Waals surface area (Å²) in [6, 6.07) is 0. The van der Waals surface area contributed by atoms with E-state index in [0.29, 0.717) is 19.4 Å². The van der Waals surface area contributed by atoms with Crippen LogP contribution in [-0.2, 0) is 10.2 Å². The van der Waals surface area contributed by atoms with Gasteiger partial charge in [0.2, 0.25) is 5.91 Å². The molecular weight excluding hydrogens is 272 g/mol. The number of thiazole rings is 1. The Labute approximate surface area is 124 Å². The smallest absolute Gasteiger partial charge is 0.244 e. The largest absolute Gasteiger partial charge is 0.393 e. The average Bonchev–Trinajstić information content (AvgIpc) is 2.84. The van der Waals surface area contributed by atoms with Crippen LogP contribution in [0.4, 0.5) is 0 Å². The molecule has 0 spiro atoms. The minimum absolute atomic E-state index is 0.0370. The number of hydrogen-bond donors (Lipinski definition) is 2. The van der Waals surface area contributed by atoms with Crippen LogP contribution < -0.4 is 5.32 Å². The molecule has 20 heavy (non-hydrogen) atoms. The molecule has 0 bridgehead atoms. The fourth-order valence-electron chi connectivity index (χ4n) is 1.49. The lowest BCUT2D eigenvalue weighted by atomic mass is 9.98. The molecule has 1 aromatic rings. The highest BCUT2D eigenvalue weighted by Crippen LogP contribution is 2.27. The first kappa shape index (κ1) is 16.9. The van der Waals surface area contributed by atoms with Crippen LogP contribution in [0.5, 0.6) is 0 Å². The molecule has 0 radical (unpaired) electrons. The summed E-state index contributed by atoms with van der Waals surface area (Å²) in [7, 11) is 0. The highest BCUT2D eigenvalue weighted by molar-refractivity contribution is 7.12. The van der Waals surface area contributed by atoms with Gasteiger partial charge in [-0.1, -0.05) is 27.7 Å². The third-order valence-electron chi connectivity index (χ3n) is 2.81. The van der Waals surface area contributed by atoms with Crippen molar-refractivity contribution in [3.63, 3.8) is 0 Å². The third kappa shape index (κ3) is 5.84. The molecule has 112 valence electrons. The van der Waals surface area contributed by atoms with Crippen LogP contribution in [0.15, 0.2) is 12.3 Å². The first-order valence-electron chi connectivity index (χ1n) is 6.93. The van der Waals surface area contributed by atoms with Gasteiger partial charge in [0.25, 0.3) is 0 Å². The van der Waals surface area contributed by atoms with Crippen molar-refractivity contribution in [1.82, 2.24) is 10.3 Å². The summed E-state index contributed by atoms with van der Waals surface area (Å²) < 4.78 is 0. The summed E-state index contributed by atoms with van der Waals surface area (Å²) in [5.41, 5.74) is 0.0370. The maximum Gasteiger partial charge on any atom is 0.244 e. The lowest BCUT2D eigenvalue weighted by molar-refractivity contribution is -0.116. The van der Waals surface area contributed by atoms with Crippen molar-refractivity contribution < 1.29 is 9.90 Å². The lowest BCUT2D eigenvalue weighted by Gasteiger charge is -2.13. The molecule has 0 aromatic carbocycles. The Kier molecular flexibility index (Phi) is 6.36. The molecule has 1 atom stereocenters. The van der Waals surface area contributed by atoms with E-state index in [2.05, 4.69) is 31.1 Å². The SMILES string of the molecule is CCC(O)CCNC(=O)/C=C/c1cnc(C(C)(C)C)s1. The summed E-state index contributed by atoms with van der Waals surface area (Å²) >= 11 is 1.60. The highest BCUT2D eigenvalue weighted by Gasteiger charge is 2.17. The lowest BCUT2D eigenvalue weighted by Crippen LogP contribution is -2.25. The predicted octanol–water partition coefficient (Wildman–Crippen LogP) is 2.73. The van der Waals surface area contributed by atoms with E-state index in [4.69, 9.17) is 0 Å². The van der Waals surface area contributed by atoms with Crippen molar-refractivity contribution in [2.24, 2.45) is 0 Å². The standard InChI is InChI=1S/C15H24N2O2S/c1-5-11(18)8-9-16-13(19)7-6-12-10-17-14(20-12)15(2,3)4/h6-7,10-11,18H,5,8-9H2,1-4H3,(H,16,19)/b7-6+. The monoisotopic (exact) mass is 296 g/mol. The summed E-state index contributed by atoms with van der Waals surface area (Å²) in [5, 5.41) is 13.2. The second kappa shape index (κ2) is 7.55. The molecule has 2 N–H and O–H groups in total. The fraction of sp³-hybridized carbons (Fsp3) is 0.600. The van der Waals surface area contributed by atoms with Crippen LogP contribution >= 0.6 is 11.3 Å². The van der Waals surface area contributed by atoms with Crippen molar-refractivity contribution in [2.45, 2.75) is 52.1 Å². The van der Waals surface area contributed by atoms with E-state index < -0.39 is 0 Å². The van der Waals surface area contributed by atoms with Gasteiger partial charge in [0.15, 0.2) is 0 Å². The predicted molar refractivity (Wildman–Crippen MR) is 83.8 cm³/mol. The minimum Gasteiger partial charge on any atom is -0.393 e. The first-order valence-corrected chi connectivity index (χ1v) is 7.75. The van der Waals surface area contributed by atoms with Gasteiger partial charge in [-0.2, -0.15) is 0 Å². The fourth-order valence-corrected chi connectivity index (χ4v) is 2.37. The van der Waals surface area contributed by atoms with Crippen LogP contribution in [0, 0.1) is 0 Å². The maximum absolute atomic E-state index is 11.6. The maximum atomic E-state index is 11.6. The number of carbonyl (C=O) groups is 1. The quantitative estimate of drug-likeness (QED) is 0.793. The molecule has 5 heteroatoms. The Morgan fingerprint density at radius 3 is 2.80 bits per heavy atom. The van der Waals surface area contributed by atoms with Crippen molar-refractivity contribution in [3.05, 3.63) is 22.2 Å². The number of nitrogens with one attached hydrogen (secondary N) is 1. The normalized spacial score (nSPS) is 13.7. The zero-order valence-electron chi connectivity index (χ0n) is 12.6. The molecule has 1 amide bonds. The molecule has 0 fully saturated rings. The Morgan fingerprint density at radius 2 is 2.25 bits per heavy atom. The molecule has 4 nitrogen and oxygen atoms in total. The number of aliphatic hydroxyl groups excluding tert-OH is 1. The number of amides is 1. The topological polar surface area (TPSA) is 62.2 Å². The molecular formula is C15H24N2O2S. The molecule has 0 aliphatic heterocycles.